The molecule has 100 valence electrons. The lowest BCUT2D eigenvalue weighted by Crippen LogP contribution is -2.01. The lowest BCUT2D eigenvalue weighted by Gasteiger charge is -2.08. The topological polar surface area (TPSA) is 41.8 Å². The molecule has 1 N–H and O–H groups in total. The van der Waals surface area contributed by atoms with E-state index >= 15 is 0 Å². The Morgan fingerprint density at radius 2 is 1.94 bits per heavy atom. The van der Waals surface area contributed by atoms with Gasteiger partial charge in [-0.2, -0.15) is 0 Å². The van der Waals surface area contributed by atoms with Crippen LogP contribution in [-0.2, 0) is 6.42 Å². The molecule has 0 atom stereocenters. The first-order chi connectivity index (χ1) is 8.61. The van der Waals surface area contributed by atoms with Gasteiger partial charge in [0, 0.05) is 0 Å². The van der Waals surface area contributed by atoms with E-state index in [0.717, 1.165) is 37.3 Å². The van der Waals surface area contributed by atoms with Crippen LogP contribution in [0.4, 0.5) is 0 Å². The molecule has 3 heteroatoms. The highest BCUT2D eigenvalue weighted by Gasteiger charge is 1.99. The number of benzene rings is 1. The summed E-state index contributed by atoms with van der Waals surface area (Å²) in [5.74, 6) is 1.59. The predicted octanol–water partition coefficient (Wildman–Crippen LogP) is 3.89. The Morgan fingerprint density at radius 1 is 1.28 bits per heavy atom. The second-order valence-corrected chi connectivity index (χ2v) is 5.01. The summed E-state index contributed by atoms with van der Waals surface area (Å²) in [4.78, 5) is 0. The summed E-state index contributed by atoms with van der Waals surface area (Å²) in [6, 6.07) is 8.13. The van der Waals surface area contributed by atoms with Crippen LogP contribution in [0.15, 0.2) is 29.4 Å². The highest BCUT2D eigenvalue weighted by Crippen LogP contribution is 2.14. The zero-order valence-electron chi connectivity index (χ0n) is 11.5. The maximum absolute atomic E-state index is 8.57. The average Bonchev–Trinajstić information content (AvgIpc) is 2.37. The lowest BCUT2D eigenvalue weighted by atomic mass is 10.1. The van der Waals surface area contributed by atoms with Gasteiger partial charge < -0.3 is 9.94 Å². The van der Waals surface area contributed by atoms with E-state index in [1.165, 1.54) is 5.56 Å². The van der Waals surface area contributed by atoms with Gasteiger partial charge in [0.25, 0.3) is 0 Å². The van der Waals surface area contributed by atoms with Gasteiger partial charge in [0.05, 0.1) is 12.3 Å². The maximum atomic E-state index is 8.57. The van der Waals surface area contributed by atoms with Crippen LogP contribution in [0.3, 0.4) is 0 Å². The van der Waals surface area contributed by atoms with Gasteiger partial charge in [0.2, 0.25) is 0 Å². The molecular formula is C15H23NO2. The molecule has 0 radical (unpaired) electrons. The summed E-state index contributed by atoms with van der Waals surface area (Å²) in [6.45, 7) is 6.98. The summed E-state index contributed by atoms with van der Waals surface area (Å²) in [5, 5.41) is 11.7. The SMILES string of the molecule is C/C(CCc1ccc(OCCC(C)C)cc1)=N\O. The number of nitrogens with zero attached hydrogens (tertiary/aromatic N) is 1. The third-order valence-electron chi connectivity index (χ3n) is 2.83. The average molecular weight is 249 g/mol. The minimum Gasteiger partial charge on any atom is -0.494 e. The number of oxime groups is 1. The molecule has 0 aliphatic carbocycles. The summed E-state index contributed by atoms with van der Waals surface area (Å²) in [6.07, 6.45) is 2.75. The van der Waals surface area contributed by atoms with Crippen molar-refractivity contribution in [3.63, 3.8) is 0 Å². The Balaban J connectivity index is 2.37. The Kier molecular flexibility index (Phi) is 6.26. The molecule has 0 aliphatic heterocycles. The number of hydrogen-bond donors (Lipinski definition) is 1. The first-order valence-electron chi connectivity index (χ1n) is 6.51. The van der Waals surface area contributed by atoms with E-state index in [-0.39, 0.29) is 0 Å². The van der Waals surface area contributed by atoms with Crippen molar-refractivity contribution in [2.75, 3.05) is 6.61 Å². The minimum atomic E-state index is 0.671. The van der Waals surface area contributed by atoms with Gasteiger partial charge in [-0.25, -0.2) is 0 Å². The quantitative estimate of drug-likeness (QED) is 0.452. The number of hydrogen-bond acceptors (Lipinski definition) is 3. The van der Waals surface area contributed by atoms with E-state index in [1.807, 2.05) is 19.1 Å². The highest BCUT2D eigenvalue weighted by molar-refractivity contribution is 5.81. The van der Waals surface area contributed by atoms with Gasteiger partial charge in [0.15, 0.2) is 0 Å². The molecule has 0 fully saturated rings. The van der Waals surface area contributed by atoms with Gasteiger partial charge in [0.1, 0.15) is 5.75 Å². The van der Waals surface area contributed by atoms with Crippen molar-refractivity contribution in [1.29, 1.82) is 0 Å². The van der Waals surface area contributed by atoms with Gasteiger partial charge in [-0.3, -0.25) is 0 Å². The van der Waals surface area contributed by atoms with E-state index in [9.17, 15) is 0 Å². The van der Waals surface area contributed by atoms with Crippen molar-refractivity contribution in [3.05, 3.63) is 29.8 Å². The van der Waals surface area contributed by atoms with Crippen molar-refractivity contribution in [3.8, 4) is 5.75 Å². The molecule has 3 nitrogen and oxygen atoms in total. The standard InChI is InChI=1S/C15H23NO2/c1-12(2)10-11-18-15-8-6-14(7-9-15)5-4-13(3)16-17/h6-9,12,17H,4-5,10-11H2,1-3H3/b16-13+. The molecule has 0 bridgehead atoms. The maximum Gasteiger partial charge on any atom is 0.119 e. The van der Waals surface area contributed by atoms with E-state index in [2.05, 4.69) is 31.1 Å². The Morgan fingerprint density at radius 3 is 2.50 bits per heavy atom. The molecule has 1 aromatic carbocycles. The third kappa shape index (κ3) is 5.71. The zero-order chi connectivity index (χ0) is 13.4. The second kappa shape index (κ2) is 7.75. The van der Waals surface area contributed by atoms with Gasteiger partial charge in [-0.1, -0.05) is 31.1 Å². The number of aryl methyl sites for hydroxylation is 1. The van der Waals surface area contributed by atoms with E-state index in [1.54, 1.807) is 0 Å². The zero-order valence-corrected chi connectivity index (χ0v) is 11.5. The Hall–Kier alpha value is -1.51. The van der Waals surface area contributed by atoms with E-state index in [0.29, 0.717) is 5.92 Å². The molecule has 0 spiro atoms. The molecule has 0 aromatic heterocycles. The van der Waals surface area contributed by atoms with Crippen LogP contribution >= 0.6 is 0 Å². The number of ether oxygens (including phenoxy) is 1. The lowest BCUT2D eigenvalue weighted by molar-refractivity contribution is 0.289. The highest BCUT2D eigenvalue weighted by atomic mass is 16.5. The van der Waals surface area contributed by atoms with Crippen LogP contribution in [0.25, 0.3) is 0 Å². The fourth-order valence-corrected chi connectivity index (χ4v) is 1.54. The van der Waals surface area contributed by atoms with Crippen LogP contribution in [0, 0.1) is 5.92 Å². The molecule has 0 amide bonds. The van der Waals surface area contributed by atoms with E-state index < -0.39 is 0 Å². The van der Waals surface area contributed by atoms with Crippen LogP contribution < -0.4 is 4.74 Å². The van der Waals surface area contributed by atoms with Crippen molar-refractivity contribution in [2.45, 2.75) is 40.0 Å². The predicted molar refractivity (Wildman–Crippen MR) is 74.6 cm³/mol. The fraction of sp³-hybridized carbons (Fsp3) is 0.533. The fourth-order valence-electron chi connectivity index (χ4n) is 1.54. The van der Waals surface area contributed by atoms with Crippen LogP contribution in [0.5, 0.6) is 5.75 Å². The van der Waals surface area contributed by atoms with Crippen molar-refractivity contribution in [1.82, 2.24) is 0 Å². The summed E-state index contributed by atoms with van der Waals surface area (Å²) in [5.41, 5.74) is 1.99. The molecule has 18 heavy (non-hydrogen) atoms. The van der Waals surface area contributed by atoms with Gasteiger partial charge in [-0.05, 0) is 49.8 Å². The van der Waals surface area contributed by atoms with Crippen LogP contribution in [0.2, 0.25) is 0 Å². The number of rotatable bonds is 7. The van der Waals surface area contributed by atoms with Crippen LogP contribution in [0.1, 0.15) is 39.2 Å². The molecule has 0 saturated carbocycles. The summed E-state index contributed by atoms with van der Waals surface area (Å²) >= 11 is 0. The van der Waals surface area contributed by atoms with E-state index in [4.69, 9.17) is 9.94 Å². The smallest absolute Gasteiger partial charge is 0.119 e. The molecular weight excluding hydrogens is 226 g/mol. The largest absolute Gasteiger partial charge is 0.494 e. The van der Waals surface area contributed by atoms with Gasteiger partial charge in [-0.15, -0.1) is 0 Å². The molecule has 0 aliphatic rings. The Bertz CT molecular complexity index is 369. The molecule has 0 heterocycles. The first-order valence-corrected chi connectivity index (χ1v) is 6.51. The van der Waals surface area contributed by atoms with Gasteiger partial charge >= 0.3 is 0 Å². The Labute approximate surface area is 109 Å². The normalized spacial score (nSPS) is 11.9. The molecule has 1 aromatic rings. The summed E-state index contributed by atoms with van der Waals surface area (Å²) < 4.78 is 5.65. The van der Waals surface area contributed by atoms with Crippen LogP contribution in [-0.4, -0.2) is 17.5 Å². The van der Waals surface area contributed by atoms with Crippen molar-refractivity contribution >= 4 is 5.71 Å². The molecule has 0 saturated heterocycles. The molecule has 0 unspecified atom stereocenters. The third-order valence-corrected chi connectivity index (χ3v) is 2.83. The first kappa shape index (κ1) is 14.6. The van der Waals surface area contributed by atoms with Crippen molar-refractivity contribution < 1.29 is 9.94 Å². The monoisotopic (exact) mass is 249 g/mol. The van der Waals surface area contributed by atoms with Crippen molar-refractivity contribution in [2.24, 2.45) is 11.1 Å². The second-order valence-electron chi connectivity index (χ2n) is 5.01. The summed E-state index contributed by atoms with van der Waals surface area (Å²) in [7, 11) is 0. The minimum absolute atomic E-state index is 0.671. The molecule has 1 rings (SSSR count).